The van der Waals surface area contributed by atoms with E-state index in [1.807, 2.05) is 37.3 Å². The van der Waals surface area contributed by atoms with Gasteiger partial charge in [-0.25, -0.2) is 0 Å². The molecule has 0 aliphatic carbocycles. The van der Waals surface area contributed by atoms with Crippen LogP contribution >= 0.6 is 27.5 Å². The van der Waals surface area contributed by atoms with E-state index in [1.165, 1.54) is 0 Å². The Balaban J connectivity index is 2.24. The first-order valence-electron chi connectivity index (χ1n) is 6.60. The van der Waals surface area contributed by atoms with Crippen LogP contribution in [0.25, 0.3) is 0 Å². The number of hydrogen-bond acceptors (Lipinski definition) is 2. The maximum absolute atomic E-state index is 12.6. The van der Waals surface area contributed by atoms with Gasteiger partial charge in [-0.15, -0.1) is 0 Å². The molecule has 3 nitrogen and oxygen atoms in total. The largest absolute Gasteiger partial charge is 0.398 e. The molecule has 0 atom stereocenters. The summed E-state index contributed by atoms with van der Waals surface area (Å²) in [6.45, 7) is 3.04. The molecule has 2 aromatic rings. The van der Waals surface area contributed by atoms with Crippen molar-refractivity contribution in [3.63, 3.8) is 0 Å². The van der Waals surface area contributed by atoms with E-state index in [2.05, 4.69) is 15.9 Å². The van der Waals surface area contributed by atoms with Crippen molar-refractivity contribution in [1.82, 2.24) is 4.90 Å². The van der Waals surface area contributed by atoms with Crippen molar-refractivity contribution in [3.8, 4) is 0 Å². The Morgan fingerprint density at radius 3 is 2.71 bits per heavy atom. The fourth-order valence-corrected chi connectivity index (χ4v) is 2.64. The highest BCUT2D eigenvalue weighted by Crippen LogP contribution is 2.21. The number of rotatable bonds is 4. The van der Waals surface area contributed by atoms with Gasteiger partial charge in [0.2, 0.25) is 0 Å². The number of anilines is 1. The number of halogens is 2. The van der Waals surface area contributed by atoms with E-state index in [0.29, 0.717) is 29.4 Å². The van der Waals surface area contributed by atoms with Crippen LogP contribution in [0.15, 0.2) is 46.9 Å². The van der Waals surface area contributed by atoms with Gasteiger partial charge in [0.1, 0.15) is 0 Å². The number of amides is 1. The summed E-state index contributed by atoms with van der Waals surface area (Å²) in [5, 5.41) is 0.665. The van der Waals surface area contributed by atoms with Crippen LogP contribution in [-0.4, -0.2) is 17.4 Å². The first-order chi connectivity index (χ1) is 10.0. The summed E-state index contributed by atoms with van der Waals surface area (Å²) in [7, 11) is 0. The van der Waals surface area contributed by atoms with E-state index >= 15 is 0 Å². The highest BCUT2D eigenvalue weighted by Gasteiger charge is 2.17. The molecular formula is C16H16BrClN2O. The second-order valence-electron chi connectivity index (χ2n) is 4.68. The normalized spacial score (nSPS) is 10.4. The Morgan fingerprint density at radius 1 is 1.29 bits per heavy atom. The number of nitrogen functional groups attached to an aromatic ring is 1. The van der Waals surface area contributed by atoms with Crippen LogP contribution in [-0.2, 0) is 6.54 Å². The van der Waals surface area contributed by atoms with Gasteiger partial charge in [0.05, 0.1) is 5.56 Å². The van der Waals surface area contributed by atoms with Crippen molar-refractivity contribution >= 4 is 39.1 Å². The van der Waals surface area contributed by atoms with Crippen molar-refractivity contribution < 1.29 is 4.79 Å². The molecule has 2 rings (SSSR count). The van der Waals surface area contributed by atoms with Gasteiger partial charge in [0.15, 0.2) is 0 Å². The van der Waals surface area contributed by atoms with Crippen molar-refractivity contribution in [2.45, 2.75) is 13.5 Å². The summed E-state index contributed by atoms with van der Waals surface area (Å²) in [4.78, 5) is 14.4. The molecule has 5 heteroatoms. The van der Waals surface area contributed by atoms with Crippen LogP contribution < -0.4 is 5.73 Å². The summed E-state index contributed by atoms with van der Waals surface area (Å²) >= 11 is 9.35. The molecule has 2 N–H and O–H groups in total. The minimum absolute atomic E-state index is 0.0868. The maximum atomic E-state index is 12.6. The molecule has 0 saturated heterocycles. The first kappa shape index (κ1) is 15.9. The van der Waals surface area contributed by atoms with Gasteiger partial charge in [0.25, 0.3) is 5.91 Å². The highest BCUT2D eigenvalue weighted by atomic mass is 79.9. The van der Waals surface area contributed by atoms with Crippen molar-refractivity contribution in [2.24, 2.45) is 0 Å². The van der Waals surface area contributed by atoms with E-state index < -0.39 is 0 Å². The first-order valence-corrected chi connectivity index (χ1v) is 7.77. The number of carbonyl (C=O) groups is 1. The molecule has 0 spiro atoms. The topological polar surface area (TPSA) is 46.3 Å². The van der Waals surface area contributed by atoms with Crippen LogP contribution in [0, 0.1) is 0 Å². The minimum atomic E-state index is -0.0868. The molecule has 2 aromatic carbocycles. The molecule has 1 amide bonds. The zero-order valence-corrected chi connectivity index (χ0v) is 14.0. The molecule has 0 bridgehead atoms. The van der Waals surface area contributed by atoms with Gasteiger partial charge in [-0.1, -0.05) is 39.7 Å². The molecular weight excluding hydrogens is 352 g/mol. The monoisotopic (exact) mass is 366 g/mol. The average Bonchev–Trinajstić information content (AvgIpc) is 2.46. The predicted molar refractivity (Wildman–Crippen MR) is 90.4 cm³/mol. The van der Waals surface area contributed by atoms with E-state index in [-0.39, 0.29) is 5.91 Å². The van der Waals surface area contributed by atoms with Crippen LogP contribution in [0.5, 0.6) is 0 Å². The number of benzene rings is 2. The number of hydrogen-bond donors (Lipinski definition) is 1. The molecule has 21 heavy (non-hydrogen) atoms. The number of nitrogens with zero attached hydrogens (tertiary/aromatic N) is 1. The maximum Gasteiger partial charge on any atom is 0.256 e. The van der Waals surface area contributed by atoms with Crippen LogP contribution in [0.4, 0.5) is 5.69 Å². The van der Waals surface area contributed by atoms with Crippen molar-refractivity contribution in [3.05, 3.63) is 63.1 Å². The van der Waals surface area contributed by atoms with E-state index in [1.54, 1.807) is 17.0 Å². The second-order valence-corrected chi connectivity index (χ2v) is 6.03. The van der Waals surface area contributed by atoms with Crippen LogP contribution in [0.2, 0.25) is 5.02 Å². The Morgan fingerprint density at radius 2 is 2.05 bits per heavy atom. The zero-order chi connectivity index (χ0) is 15.4. The Hall–Kier alpha value is -1.52. The lowest BCUT2D eigenvalue weighted by Gasteiger charge is -2.22. The predicted octanol–water partition coefficient (Wildman–Crippen LogP) is 4.35. The van der Waals surface area contributed by atoms with Crippen LogP contribution in [0.1, 0.15) is 22.8 Å². The summed E-state index contributed by atoms with van der Waals surface area (Å²) in [6.07, 6.45) is 0. The highest BCUT2D eigenvalue weighted by molar-refractivity contribution is 9.10. The van der Waals surface area contributed by atoms with Gasteiger partial charge in [-0.2, -0.15) is 0 Å². The van der Waals surface area contributed by atoms with Gasteiger partial charge in [-0.3, -0.25) is 4.79 Å². The van der Waals surface area contributed by atoms with E-state index in [0.717, 1.165) is 10.0 Å². The Kier molecular flexibility index (Phi) is 5.26. The SMILES string of the molecule is CCN(Cc1cccc(Cl)c1)C(=O)c1cc(Br)ccc1N. The molecule has 0 aliphatic heterocycles. The Labute approximate surface area is 137 Å². The second kappa shape index (κ2) is 6.96. The summed E-state index contributed by atoms with van der Waals surface area (Å²) in [5.41, 5.74) is 7.89. The number of carbonyl (C=O) groups excluding carboxylic acids is 1. The molecule has 0 heterocycles. The molecule has 0 saturated carbocycles. The molecule has 0 aliphatic rings. The lowest BCUT2D eigenvalue weighted by molar-refractivity contribution is 0.0753. The third-order valence-electron chi connectivity index (χ3n) is 3.18. The third-order valence-corrected chi connectivity index (χ3v) is 3.91. The summed E-state index contributed by atoms with van der Waals surface area (Å²) in [5.74, 6) is -0.0868. The fourth-order valence-electron chi connectivity index (χ4n) is 2.07. The minimum Gasteiger partial charge on any atom is -0.398 e. The van der Waals surface area contributed by atoms with Gasteiger partial charge in [-0.05, 0) is 42.8 Å². The molecule has 110 valence electrons. The van der Waals surface area contributed by atoms with Crippen molar-refractivity contribution in [1.29, 1.82) is 0 Å². The van der Waals surface area contributed by atoms with Gasteiger partial charge >= 0.3 is 0 Å². The van der Waals surface area contributed by atoms with Crippen molar-refractivity contribution in [2.75, 3.05) is 12.3 Å². The smallest absolute Gasteiger partial charge is 0.256 e. The average molecular weight is 368 g/mol. The Bertz CT molecular complexity index is 660. The zero-order valence-electron chi connectivity index (χ0n) is 11.6. The lowest BCUT2D eigenvalue weighted by Crippen LogP contribution is -2.30. The molecule has 0 aromatic heterocycles. The number of nitrogens with two attached hydrogens (primary N) is 1. The fraction of sp³-hybridized carbons (Fsp3) is 0.188. The molecule has 0 fully saturated rings. The van der Waals surface area contributed by atoms with Gasteiger partial charge in [0, 0.05) is 28.3 Å². The molecule has 0 radical (unpaired) electrons. The van der Waals surface area contributed by atoms with Crippen LogP contribution in [0.3, 0.4) is 0 Å². The third kappa shape index (κ3) is 3.99. The summed E-state index contributed by atoms with van der Waals surface area (Å²) in [6, 6.07) is 12.8. The lowest BCUT2D eigenvalue weighted by atomic mass is 10.1. The quantitative estimate of drug-likeness (QED) is 0.817. The molecule has 0 unspecified atom stereocenters. The van der Waals surface area contributed by atoms with Gasteiger partial charge < -0.3 is 10.6 Å². The van der Waals surface area contributed by atoms with E-state index in [9.17, 15) is 4.79 Å². The standard InChI is InChI=1S/C16H16BrClN2O/c1-2-20(10-11-4-3-5-13(18)8-11)16(21)14-9-12(17)6-7-15(14)19/h3-9H,2,10,19H2,1H3. The van der Waals surface area contributed by atoms with E-state index in [4.69, 9.17) is 17.3 Å². The summed E-state index contributed by atoms with van der Waals surface area (Å²) < 4.78 is 0.832.